The fourth-order valence-electron chi connectivity index (χ4n) is 2.12. The topological polar surface area (TPSA) is 118 Å². The van der Waals surface area contributed by atoms with Crippen molar-refractivity contribution in [3.8, 4) is 10.6 Å². The summed E-state index contributed by atoms with van der Waals surface area (Å²) in [6, 6.07) is 3.39. The number of unbranched alkanes of at least 4 members (excludes halogenated alkanes) is 3. The van der Waals surface area contributed by atoms with E-state index in [9.17, 15) is 4.79 Å². The highest BCUT2D eigenvalue weighted by Gasteiger charge is 2.08. The SMILES string of the molecule is CCCCCCN/C(N)=N/c1nc(-c2ccc(CNC(N)=O)s2)cs1. The molecule has 9 heteroatoms. The van der Waals surface area contributed by atoms with Crippen molar-refractivity contribution < 1.29 is 4.79 Å². The van der Waals surface area contributed by atoms with Crippen molar-refractivity contribution in [2.45, 2.75) is 39.2 Å². The molecule has 6 N–H and O–H groups in total. The molecule has 0 aliphatic carbocycles. The van der Waals surface area contributed by atoms with Gasteiger partial charge in [0.2, 0.25) is 5.13 Å². The summed E-state index contributed by atoms with van der Waals surface area (Å²) < 4.78 is 0. The van der Waals surface area contributed by atoms with Crippen LogP contribution in [-0.2, 0) is 6.54 Å². The van der Waals surface area contributed by atoms with Gasteiger partial charge in [-0.05, 0) is 18.6 Å². The number of aliphatic imine (C=N–C) groups is 1. The lowest BCUT2D eigenvalue weighted by Crippen LogP contribution is -2.31. The number of nitrogens with two attached hydrogens (primary N) is 2. The van der Waals surface area contributed by atoms with E-state index in [2.05, 4.69) is 27.5 Å². The van der Waals surface area contributed by atoms with Gasteiger partial charge in [-0.15, -0.1) is 22.7 Å². The molecule has 0 atom stereocenters. The molecule has 136 valence electrons. The Morgan fingerprint density at radius 3 is 2.84 bits per heavy atom. The standard InChI is InChI=1S/C16H24N6OS2/c1-2-3-4-5-8-19-14(17)22-16-21-12(10-24-16)13-7-6-11(25-13)9-20-15(18)23/h6-7,10H,2-5,8-9H2,1H3,(H3,18,20,23)(H3,17,19,21,22). The molecular weight excluding hydrogens is 356 g/mol. The third kappa shape index (κ3) is 6.71. The second kappa shape index (κ2) is 10.00. The summed E-state index contributed by atoms with van der Waals surface area (Å²) in [5.74, 6) is 0.398. The summed E-state index contributed by atoms with van der Waals surface area (Å²) in [5, 5.41) is 8.26. The minimum Gasteiger partial charge on any atom is -0.370 e. The highest BCUT2D eigenvalue weighted by atomic mass is 32.1. The average molecular weight is 381 g/mol. The monoisotopic (exact) mass is 380 g/mol. The first-order chi connectivity index (χ1) is 12.1. The Labute approximate surface area is 155 Å². The number of carbonyl (C=O) groups excluding carboxylic acids is 1. The second-order valence-corrected chi connectivity index (χ2v) is 7.49. The maximum atomic E-state index is 10.8. The Balaban J connectivity index is 1.88. The predicted molar refractivity (Wildman–Crippen MR) is 105 cm³/mol. The van der Waals surface area contributed by atoms with Gasteiger partial charge in [0.25, 0.3) is 0 Å². The summed E-state index contributed by atoms with van der Waals surface area (Å²) in [4.78, 5) is 21.6. The number of thiophene rings is 1. The molecule has 0 spiro atoms. The number of thiazole rings is 1. The summed E-state index contributed by atoms with van der Waals surface area (Å²) in [5.41, 5.74) is 11.8. The largest absolute Gasteiger partial charge is 0.370 e. The average Bonchev–Trinajstić information content (AvgIpc) is 3.21. The Morgan fingerprint density at radius 1 is 1.24 bits per heavy atom. The van der Waals surface area contributed by atoms with Crippen LogP contribution < -0.4 is 22.1 Å². The van der Waals surface area contributed by atoms with Gasteiger partial charge in [-0.1, -0.05) is 26.2 Å². The Bertz CT molecular complexity index is 709. The minimum absolute atomic E-state index is 0.398. The first-order valence-electron chi connectivity index (χ1n) is 8.24. The first-order valence-corrected chi connectivity index (χ1v) is 9.94. The smallest absolute Gasteiger partial charge is 0.312 e. The van der Waals surface area contributed by atoms with E-state index in [0.29, 0.717) is 17.6 Å². The van der Waals surface area contributed by atoms with Crippen LogP contribution in [0.3, 0.4) is 0 Å². The molecule has 0 unspecified atom stereocenters. The molecular formula is C16H24N6OS2. The van der Waals surface area contributed by atoms with Crippen LogP contribution in [0.2, 0.25) is 0 Å². The van der Waals surface area contributed by atoms with Crippen molar-refractivity contribution in [2.24, 2.45) is 16.5 Å². The highest BCUT2D eigenvalue weighted by Crippen LogP contribution is 2.31. The van der Waals surface area contributed by atoms with Gasteiger partial charge < -0.3 is 22.1 Å². The van der Waals surface area contributed by atoms with Crippen LogP contribution in [0.15, 0.2) is 22.5 Å². The third-order valence-corrected chi connectivity index (χ3v) is 5.24. The predicted octanol–water partition coefficient (Wildman–Crippen LogP) is 3.16. The van der Waals surface area contributed by atoms with Crippen LogP contribution in [-0.4, -0.2) is 23.5 Å². The third-order valence-electron chi connectivity index (χ3n) is 3.40. The molecule has 0 radical (unpaired) electrons. The van der Waals surface area contributed by atoms with E-state index in [0.717, 1.165) is 28.4 Å². The molecule has 0 aliphatic heterocycles. The van der Waals surface area contributed by atoms with Crippen LogP contribution in [0.1, 0.15) is 37.5 Å². The molecule has 2 heterocycles. The van der Waals surface area contributed by atoms with Crippen molar-refractivity contribution in [3.63, 3.8) is 0 Å². The number of amides is 2. The van der Waals surface area contributed by atoms with E-state index < -0.39 is 6.03 Å². The molecule has 2 aromatic rings. The number of urea groups is 1. The molecule has 2 amide bonds. The maximum Gasteiger partial charge on any atom is 0.312 e. The molecule has 7 nitrogen and oxygen atoms in total. The van der Waals surface area contributed by atoms with Crippen molar-refractivity contribution in [2.75, 3.05) is 6.54 Å². The molecule has 25 heavy (non-hydrogen) atoms. The lowest BCUT2D eigenvalue weighted by atomic mass is 10.2. The number of hydrogen-bond donors (Lipinski definition) is 4. The summed E-state index contributed by atoms with van der Waals surface area (Å²) in [6.45, 7) is 3.44. The van der Waals surface area contributed by atoms with Crippen molar-refractivity contribution in [1.29, 1.82) is 0 Å². The van der Waals surface area contributed by atoms with Gasteiger partial charge in [0, 0.05) is 16.8 Å². The lowest BCUT2D eigenvalue weighted by Gasteiger charge is -2.03. The molecule has 2 rings (SSSR count). The van der Waals surface area contributed by atoms with Crippen molar-refractivity contribution >= 4 is 39.8 Å². The van der Waals surface area contributed by atoms with Crippen LogP contribution in [0.25, 0.3) is 10.6 Å². The van der Waals surface area contributed by atoms with Crippen molar-refractivity contribution in [1.82, 2.24) is 15.6 Å². The van der Waals surface area contributed by atoms with Crippen LogP contribution in [0.5, 0.6) is 0 Å². The maximum absolute atomic E-state index is 10.8. The summed E-state index contributed by atoms with van der Waals surface area (Å²) in [7, 11) is 0. The normalized spacial score (nSPS) is 11.5. The molecule has 0 fully saturated rings. The lowest BCUT2D eigenvalue weighted by molar-refractivity contribution is 0.248. The van der Waals surface area contributed by atoms with Crippen LogP contribution in [0.4, 0.5) is 9.93 Å². The second-order valence-electron chi connectivity index (χ2n) is 5.48. The Kier molecular flexibility index (Phi) is 7.68. The fraction of sp³-hybridized carbons (Fsp3) is 0.438. The number of guanidine groups is 1. The number of nitrogens with zero attached hydrogens (tertiary/aromatic N) is 2. The van der Waals surface area contributed by atoms with E-state index in [1.807, 2.05) is 17.5 Å². The molecule has 0 saturated carbocycles. The minimum atomic E-state index is -0.530. The number of aromatic nitrogens is 1. The van der Waals surface area contributed by atoms with E-state index in [-0.39, 0.29) is 0 Å². The molecule has 0 bridgehead atoms. The zero-order chi connectivity index (χ0) is 18.1. The van der Waals surface area contributed by atoms with Crippen molar-refractivity contribution in [3.05, 3.63) is 22.4 Å². The van der Waals surface area contributed by atoms with E-state index in [1.165, 1.54) is 30.6 Å². The Hall–Kier alpha value is -2.13. The van der Waals surface area contributed by atoms with Gasteiger partial charge in [0.15, 0.2) is 5.96 Å². The fourth-order valence-corrected chi connectivity index (χ4v) is 3.81. The van der Waals surface area contributed by atoms with Gasteiger partial charge in [-0.3, -0.25) is 0 Å². The van der Waals surface area contributed by atoms with Gasteiger partial charge in [-0.25, -0.2) is 9.78 Å². The highest BCUT2D eigenvalue weighted by molar-refractivity contribution is 7.16. The zero-order valence-electron chi connectivity index (χ0n) is 14.2. The molecule has 0 saturated heterocycles. The number of carbonyl (C=O) groups is 1. The van der Waals surface area contributed by atoms with Crippen LogP contribution in [0, 0.1) is 0 Å². The summed E-state index contributed by atoms with van der Waals surface area (Å²) in [6.07, 6.45) is 4.74. The number of nitrogens with one attached hydrogen (secondary N) is 2. The van der Waals surface area contributed by atoms with Gasteiger partial charge in [0.05, 0.1) is 17.1 Å². The van der Waals surface area contributed by atoms with Crippen LogP contribution >= 0.6 is 22.7 Å². The van der Waals surface area contributed by atoms with E-state index in [4.69, 9.17) is 11.5 Å². The number of primary amides is 1. The van der Waals surface area contributed by atoms with E-state index >= 15 is 0 Å². The van der Waals surface area contributed by atoms with Gasteiger partial charge in [-0.2, -0.15) is 4.99 Å². The molecule has 0 aromatic carbocycles. The van der Waals surface area contributed by atoms with Gasteiger partial charge in [0.1, 0.15) is 0 Å². The number of hydrogen-bond acceptors (Lipinski definition) is 5. The van der Waals surface area contributed by atoms with E-state index in [1.54, 1.807) is 11.3 Å². The molecule has 2 aromatic heterocycles. The molecule has 0 aliphatic rings. The number of rotatable bonds is 9. The summed E-state index contributed by atoms with van der Waals surface area (Å²) >= 11 is 3.01. The Morgan fingerprint density at radius 2 is 2.08 bits per heavy atom. The first kappa shape index (κ1) is 19.2. The quantitative estimate of drug-likeness (QED) is 0.303. The van der Waals surface area contributed by atoms with Gasteiger partial charge >= 0.3 is 6.03 Å². The zero-order valence-corrected chi connectivity index (χ0v) is 15.9.